The lowest BCUT2D eigenvalue weighted by Crippen LogP contribution is -2.46. The van der Waals surface area contributed by atoms with Gasteiger partial charge in [-0.3, -0.25) is 4.57 Å². The molecule has 0 saturated carbocycles. The average molecular weight is 553 g/mol. The molecule has 6 nitrogen and oxygen atoms in total. The second-order valence-corrected chi connectivity index (χ2v) is 10.00. The summed E-state index contributed by atoms with van der Waals surface area (Å²) in [6.45, 7) is 4.08. The maximum atomic E-state index is 14.7. The van der Waals surface area contributed by atoms with E-state index in [9.17, 15) is 41.3 Å². The van der Waals surface area contributed by atoms with Gasteiger partial charge in [-0.1, -0.05) is 31.9 Å². The molecule has 0 aliphatic heterocycles. The molecule has 0 aliphatic rings. The van der Waals surface area contributed by atoms with Gasteiger partial charge in [-0.2, -0.15) is 0 Å². The first-order valence-corrected chi connectivity index (χ1v) is 12.4. The van der Waals surface area contributed by atoms with Crippen LogP contribution in [0.25, 0.3) is 22.4 Å². The molecule has 2 N–H and O–H groups in total. The normalized spacial score (nSPS) is 14.5. The molecule has 200 valence electrons. The second kappa shape index (κ2) is 11.0. The highest BCUT2D eigenvalue weighted by molar-refractivity contribution is 7.42. The number of esters is 1. The van der Waals surface area contributed by atoms with Crippen molar-refractivity contribution in [3.8, 4) is 40.5 Å². The van der Waals surface area contributed by atoms with Crippen molar-refractivity contribution in [2.45, 2.75) is 37.9 Å². The van der Waals surface area contributed by atoms with Crippen molar-refractivity contribution in [1.29, 1.82) is 0 Å². The van der Waals surface area contributed by atoms with Gasteiger partial charge < -0.3 is 14.7 Å². The maximum Gasteiger partial charge on any atom is 0.342 e. The van der Waals surface area contributed by atoms with E-state index in [1.54, 1.807) is 0 Å². The number of aliphatic hydroxyl groups excluding tert-OH is 1. The molecular formula is C26H21F5NO5P. The van der Waals surface area contributed by atoms with E-state index in [-0.39, 0.29) is 22.9 Å². The zero-order chi connectivity index (χ0) is 28.5. The minimum atomic E-state index is -3.95. The summed E-state index contributed by atoms with van der Waals surface area (Å²) in [5.74, 6) is -8.27. The summed E-state index contributed by atoms with van der Waals surface area (Å²) >= 11 is 0. The minimum absolute atomic E-state index is 0.0289. The molecule has 0 bridgehead atoms. The van der Waals surface area contributed by atoms with E-state index in [4.69, 9.17) is 11.2 Å². The average Bonchev–Trinajstić information content (AvgIpc) is 2.84. The Hall–Kier alpha value is -3.58. The zero-order valence-corrected chi connectivity index (χ0v) is 21.2. The molecule has 0 fully saturated rings. The van der Waals surface area contributed by atoms with Crippen molar-refractivity contribution in [1.82, 2.24) is 4.98 Å². The molecule has 3 unspecified atom stereocenters. The Morgan fingerprint density at radius 1 is 1.05 bits per heavy atom. The molecule has 0 amide bonds. The van der Waals surface area contributed by atoms with Crippen LogP contribution in [0.1, 0.15) is 32.4 Å². The summed E-state index contributed by atoms with van der Waals surface area (Å²) in [5, 5.41) is 7.43. The van der Waals surface area contributed by atoms with E-state index in [1.165, 1.54) is 26.0 Å². The van der Waals surface area contributed by atoms with Crippen LogP contribution in [0, 0.1) is 41.4 Å². The number of carbonyl (C=O) groups excluding carboxylic acids is 1. The van der Waals surface area contributed by atoms with E-state index in [0.29, 0.717) is 0 Å². The van der Waals surface area contributed by atoms with Crippen LogP contribution in [-0.4, -0.2) is 32.2 Å². The first-order valence-electron chi connectivity index (χ1n) is 11.0. The smallest absolute Gasteiger partial charge is 0.342 e. The molecule has 38 heavy (non-hydrogen) atoms. The number of hydrogen-bond donors (Lipinski definition) is 2. The van der Waals surface area contributed by atoms with Crippen molar-refractivity contribution in [3.05, 3.63) is 71.2 Å². The summed E-state index contributed by atoms with van der Waals surface area (Å²) in [7, 11) is -3.95. The quantitative estimate of drug-likeness (QED) is 0.135. The van der Waals surface area contributed by atoms with Crippen LogP contribution in [0.3, 0.4) is 0 Å². The largest absolute Gasteiger partial charge is 0.422 e. The molecule has 2 aromatic carbocycles. The molecule has 0 saturated heterocycles. The number of hydrogen-bond acceptors (Lipinski definition) is 5. The Morgan fingerprint density at radius 2 is 1.61 bits per heavy atom. The molecule has 0 spiro atoms. The summed E-state index contributed by atoms with van der Waals surface area (Å²) < 4.78 is 88.5. The van der Waals surface area contributed by atoms with E-state index in [2.05, 4.69) is 4.98 Å². The Bertz CT molecular complexity index is 1440. The van der Waals surface area contributed by atoms with Gasteiger partial charge in [0.25, 0.3) is 0 Å². The molecule has 0 radical (unpaired) electrons. The lowest BCUT2D eigenvalue weighted by molar-refractivity contribution is -0.138. The summed E-state index contributed by atoms with van der Waals surface area (Å²) in [6, 6.07) is 5.45. The van der Waals surface area contributed by atoms with Gasteiger partial charge in [-0.25, -0.2) is 31.7 Å². The summed E-state index contributed by atoms with van der Waals surface area (Å²) in [4.78, 5) is 27.1. The Labute approximate surface area is 215 Å². The predicted octanol–water partition coefficient (Wildman–Crippen LogP) is 5.36. The molecule has 3 atom stereocenters. The molecule has 12 heteroatoms. The topological polar surface area (TPSA) is 96.7 Å². The van der Waals surface area contributed by atoms with Crippen LogP contribution in [0.4, 0.5) is 22.0 Å². The standard InChI is InChI=1S/C26H21F5NO5P/c1-5-26(13(4)33,38(35)36)25(34)37-24-16(14-6-8-15(27)9-7-14)10-19(32-23(24)12(2)3)20-21(30)17(28)11-18(29)22(20)31/h1,6-13,33,38H,2-4H3,(H,35,36). The number of ether oxygens (including phenoxy) is 1. The minimum Gasteiger partial charge on any atom is -0.422 e. The SMILES string of the molecule is C#CC(C(=O)Oc1c(-c2ccc(F)cc2)cc(-c2c(F)c(F)cc(F)c2F)nc1C(C)C)(C(C)O)[PH](=O)O. The van der Waals surface area contributed by atoms with Crippen LogP contribution < -0.4 is 4.74 Å². The van der Waals surface area contributed by atoms with Crippen LogP contribution in [0.5, 0.6) is 5.75 Å². The lowest BCUT2D eigenvalue weighted by atomic mass is 9.96. The number of terminal acetylenes is 1. The number of aliphatic hydroxyl groups is 1. The number of pyridine rings is 1. The van der Waals surface area contributed by atoms with Crippen molar-refractivity contribution in [2.24, 2.45) is 0 Å². The lowest BCUT2D eigenvalue weighted by Gasteiger charge is -2.27. The molecule has 3 rings (SSSR count). The molecule has 1 aromatic heterocycles. The van der Waals surface area contributed by atoms with Crippen LogP contribution in [0.2, 0.25) is 0 Å². The highest BCUT2D eigenvalue weighted by Crippen LogP contribution is 2.44. The van der Waals surface area contributed by atoms with E-state index >= 15 is 0 Å². The van der Waals surface area contributed by atoms with Gasteiger partial charge in [-0.15, -0.1) is 6.42 Å². The van der Waals surface area contributed by atoms with E-state index in [1.807, 2.05) is 5.92 Å². The van der Waals surface area contributed by atoms with Gasteiger partial charge in [-0.05, 0) is 36.6 Å². The Balaban J connectivity index is 2.40. The van der Waals surface area contributed by atoms with Gasteiger partial charge in [0.05, 0.1) is 23.1 Å². The number of carbonyl (C=O) groups is 1. The number of rotatable bonds is 7. The van der Waals surface area contributed by atoms with Crippen molar-refractivity contribution < 1.29 is 46.0 Å². The fraction of sp³-hybridized carbons (Fsp3) is 0.231. The predicted molar refractivity (Wildman–Crippen MR) is 129 cm³/mol. The first-order chi connectivity index (χ1) is 17.8. The zero-order valence-electron chi connectivity index (χ0n) is 20.2. The Kier molecular flexibility index (Phi) is 8.42. The first kappa shape index (κ1) is 29.0. The fourth-order valence-electron chi connectivity index (χ4n) is 3.67. The van der Waals surface area contributed by atoms with Gasteiger partial charge in [0.2, 0.25) is 13.2 Å². The molecule has 0 aliphatic carbocycles. The third-order valence-electron chi connectivity index (χ3n) is 5.78. The van der Waals surface area contributed by atoms with Crippen molar-refractivity contribution in [2.75, 3.05) is 0 Å². The van der Waals surface area contributed by atoms with Gasteiger partial charge >= 0.3 is 5.97 Å². The van der Waals surface area contributed by atoms with Crippen LogP contribution >= 0.6 is 8.03 Å². The summed E-state index contributed by atoms with van der Waals surface area (Å²) in [6.07, 6.45) is 3.50. The number of benzene rings is 2. The van der Waals surface area contributed by atoms with Gasteiger partial charge in [0.1, 0.15) is 5.82 Å². The van der Waals surface area contributed by atoms with Crippen molar-refractivity contribution in [3.63, 3.8) is 0 Å². The van der Waals surface area contributed by atoms with Crippen LogP contribution in [-0.2, 0) is 9.36 Å². The monoisotopic (exact) mass is 553 g/mol. The fourth-order valence-corrected chi connectivity index (χ4v) is 4.38. The number of aromatic nitrogens is 1. The van der Waals surface area contributed by atoms with Gasteiger partial charge in [0.15, 0.2) is 29.0 Å². The summed E-state index contributed by atoms with van der Waals surface area (Å²) in [5.41, 5.74) is -1.95. The highest BCUT2D eigenvalue weighted by Gasteiger charge is 2.49. The van der Waals surface area contributed by atoms with Gasteiger partial charge in [0, 0.05) is 11.6 Å². The second-order valence-electron chi connectivity index (χ2n) is 8.60. The molecule has 1 heterocycles. The highest BCUT2D eigenvalue weighted by atomic mass is 31.1. The maximum absolute atomic E-state index is 14.7. The third-order valence-corrected chi connectivity index (χ3v) is 7.22. The Morgan fingerprint density at radius 3 is 2.05 bits per heavy atom. The van der Waals surface area contributed by atoms with Crippen LogP contribution in [0.15, 0.2) is 36.4 Å². The number of halogens is 5. The van der Waals surface area contributed by atoms with E-state index in [0.717, 1.165) is 25.1 Å². The third kappa shape index (κ3) is 5.07. The molecular weight excluding hydrogens is 532 g/mol. The number of nitrogens with zero attached hydrogens (tertiary/aromatic N) is 1. The van der Waals surface area contributed by atoms with E-state index < -0.39 is 77.3 Å². The molecule has 3 aromatic rings. The van der Waals surface area contributed by atoms with Crippen molar-refractivity contribution >= 4 is 14.0 Å².